The Morgan fingerprint density at radius 3 is 2.45 bits per heavy atom. The van der Waals surface area contributed by atoms with Crippen molar-refractivity contribution >= 4 is 6.08 Å². The molecule has 0 radical (unpaired) electrons. The first-order valence-electron chi connectivity index (χ1n) is 20.2. The van der Waals surface area contributed by atoms with Crippen LogP contribution in [-0.2, 0) is 23.7 Å². The van der Waals surface area contributed by atoms with Gasteiger partial charge in [-0.1, -0.05) is 67.7 Å². The summed E-state index contributed by atoms with van der Waals surface area (Å²) in [5, 5.41) is 23.2. The maximum absolute atomic E-state index is 11.8. The monoisotopic (exact) mass is 731 g/mol. The number of aromatic nitrogens is 1. The van der Waals surface area contributed by atoms with Gasteiger partial charge in [-0.05, 0) is 116 Å². The van der Waals surface area contributed by atoms with Crippen LogP contribution in [0.15, 0.2) is 78.7 Å². The molecule has 13 unspecified atom stereocenters. The SMILES string of the molecule is C=C/C=C\CCC1OC2CCC3(C)OC4C(O)CC5(C)OC(CC/C=C(C)/C(C)=C/C=C\c6cccnc6)C(C)CC5OC4CC3OC2CCC1(C)O. The van der Waals surface area contributed by atoms with Crippen LogP contribution < -0.4 is 0 Å². The lowest BCUT2D eigenvalue weighted by molar-refractivity contribution is -0.273. The summed E-state index contributed by atoms with van der Waals surface area (Å²) in [5.41, 5.74) is 1.46. The van der Waals surface area contributed by atoms with Gasteiger partial charge < -0.3 is 33.9 Å². The summed E-state index contributed by atoms with van der Waals surface area (Å²) >= 11 is 0. The van der Waals surface area contributed by atoms with Gasteiger partial charge in [-0.15, -0.1) is 0 Å². The highest BCUT2D eigenvalue weighted by Crippen LogP contribution is 2.49. The van der Waals surface area contributed by atoms with Crippen LogP contribution in [0.3, 0.4) is 0 Å². The largest absolute Gasteiger partial charge is 0.390 e. The maximum atomic E-state index is 11.8. The summed E-state index contributed by atoms with van der Waals surface area (Å²) < 4.78 is 34.5. The highest BCUT2D eigenvalue weighted by molar-refractivity contribution is 5.50. The van der Waals surface area contributed by atoms with Gasteiger partial charge in [-0.3, -0.25) is 4.98 Å². The van der Waals surface area contributed by atoms with Gasteiger partial charge in [0, 0.05) is 25.2 Å². The molecule has 1 aromatic rings. The first-order valence-corrected chi connectivity index (χ1v) is 20.2. The zero-order valence-electron chi connectivity index (χ0n) is 33.0. The molecule has 0 aromatic carbocycles. The van der Waals surface area contributed by atoms with Gasteiger partial charge >= 0.3 is 0 Å². The van der Waals surface area contributed by atoms with Crippen LogP contribution in [0.2, 0.25) is 0 Å². The molecular weight excluding hydrogens is 666 g/mol. The van der Waals surface area contributed by atoms with Crippen LogP contribution in [0.25, 0.3) is 6.08 Å². The van der Waals surface area contributed by atoms with E-state index in [0.29, 0.717) is 25.2 Å². The molecule has 0 spiro atoms. The summed E-state index contributed by atoms with van der Waals surface area (Å²) in [6.45, 7) is 16.5. The summed E-state index contributed by atoms with van der Waals surface area (Å²) in [6.07, 6.45) is 24.0. The van der Waals surface area contributed by atoms with Gasteiger partial charge in [0.25, 0.3) is 0 Å². The number of nitrogens with zero attached hydrogens (tertiary/aromatic N) is 1. The average molecular weight is 732 g/mol. The van der Waals surface area contributed by atoms with Gasteiger partial charge in [0.05, 0.1) is 65.6 Å². The number of pyridine rings is 1. The van der Waals surface area contributed by atoms with Gasteiger partial charge in [0.1, 0.15) is 6.10 Å². The molecule has 13 atom stereocenters. The topological polar surface area (TPSA) is 99.5 Å². The molecule has 2 N–H and O–H groups in total. The lowest BCUT2D eigenvalue weighted by Gasteiger charge is -2.49. The lowest BCUT2D eigenvalue weighted by Crippen LogP contribution is -2.59. The minimum Gasteiger partial charge on any atom is -0.390 e. The number of ether oxygens (including phenoxy) is 5. The summed E-state index contributed by atoms with van der Waals surface area (Å²) in [7, 11) is 0. The Kier molecular flexibility index (Phi) is 13.0. The molecule has 0 bridgehead atoms. The van der Waals surface area contributed by atoms with Crippen LogP contribution in [0.1, 0.15) is 118 Å². The van der Waals surface area contributed by atoms with E-state index in [1.54, 1.807) is 12.3 Å². The van der Waals surface area contributed by atoms with E-state index in [2.05, 4.69) is 76.6 Å². The first kappa shape index (κ1) is 40.2. The summed E-state index contributed by atoms with van der Waals surface area (Å²) in [5.74, 6) is 0.315. The predicted octanol–water partition coefficient (Wildman–Crippen LogP) is 8.39. The van der Waals surface area contributed by atoms with Crippen LogP contribution >= 0.6 is 0 Å². The van der Waals surface area contributed by atoms with Crippen molar-refractivity contribution in [3.63, 3.8) is 0 Å². The number of rotatable bonds is 10. The number of fused-ring (bicyclic) bond motifs is 4. The van der Waals surface area contributed by atoms with Crippen molar-refractivity contribution in [3.8, 4) is 0 Å². The predicted molar refractivity (Wildman–Crippen MR) is 209 cm³/mol. The third kappa shape index (κ3) is 9.52. The van der Waals surface area contributed by atoms with Crippen molar-refractivity contribution in [1.82, 2.24) is 4.98 Å². The summed E-state index contributed by atoms with van der Waals surface area (Å²) in [4.78, 5) is 4.18. The maximum Gasteiger partial charge on any atom is 0.111 e. The van der Waals surface area contributed by atoms with E-state index >= 15 is 0 Å². The van der Waals surface area contributed by atoms with Crippen molar-refractivity contribution in [1.29, 1.82) is 0 Å². The molecule has 5 saturated heterocycles. The highest BCUT2D eigenvalue weighted by Gasteiger charge is 2.58. The molecule has 0 saturated carbocycles. The van der Waals surface area contributed by atoms with E-state index in [0.717, 1.165) is 56.9 Å². The highest BCUT2D eigenvalue weighted by atomic mass is 16.6. The molecule has 5 aliphatic rings. The lowest BCUT2D eigenvalue weighted by atomic mass is 9.79. The van der Waals surface area contributed by atoms with Gasteiger partial charge in [0.15, 0.2) is 0 Å². The van der Waals surface area contributed by atoms with E-state index in [1.807, 2.05) is 31.3 Å². The Labute approximate surface area is 318 Å². The Balaban J connectivity index is 1.08. The average Bonchev–Trinajstić information content (AvgIpc) is 3.38. The third-order valence-corrected chi connectivity index (χ3v) is 12.9. The smallest absolute Gasteiger partial charge is 0.111 e. The molecular formula is C45H65NO7. The van der Waals surface area contributed by atoms with Crippen molar-refractivity contribution in [3.05, 3.63) is 84.3 Å². The fourth-order valence-corrected chi connectivity index (χ4v) is 9.31. The number of hydrogen-bond donors (Lipinski definition) is 2. The fraction of sp³-hybridized carbons (Fsp3) is 0.667. The van der Waals surface area contributed by atoms with Gasteiger partial charge in [-0.2, -0.15) is 0 Å². The zero-order valence-corrected chi connectivity index (χ0v) is 33.0. The van der Waals surface area contributed by atoms with E-state index in [4.69, 9.17) is 23.7 Å². The van der Waals surface area contributed by atoms with Gasteiger partial charge in [-0.25, -0.2) is 0 Å². The van der Waals surface area contributed by atoms with Crippen molar-refractivity contribution in [2.45, 2.75) is 184 Å². The standard InChI is InChI=1S/C45H65NO7/c1-8-9-10-11-20-39-43(5,48)23-21-36-37(49-39)22-24-44(6)41(50-36)27-38-42(53-44)34(47)28-45(7)40(51-38)26-32(4)35(52-45)19-13-16-31(3)30(2)15-12-17-33-18-14-25-46-29-33/h8-10,12,14-18,25,29,32,34-42,47-48H,1,11,13,19-24,26-28H2,2-7H3/b10-9-,17-12-,30-15+,31-16+. The molecule has 8 nitrogen and oxygen atoms in total. The van der Waals surface area contributed by atoms with E-state index in [-0.39, 0.29) is 42.7 Å². The van der Waals surface area contributed by atoms with E-state index in [9.17, 15) is 10.2 Å². The second kappa shape index (κ2) is 17.2. The zero-order chi connectivity index (χ0) is 37.8. The van der Waals surface area contributed by atoms with Crippen LogP contribution in [0, 0.1) is 5.92 Å². The minimum absolute atomic E-state index is 0.0741. The molecule has 292 valence electrons. The normalized spacial score (nSPS) is 42.5. The molecule has 6 heterocycles. The number of allylic oxidation sites excluding steroid dienone is 8. The third-order valence-electron chi connectivity index (χ3n) is 12.9. The first-order chi connectivity index (χ1) is 25.3. The molecule has 0 aliphatic carbocycles. The molecule has 0 amide bonds. The quantitative estimate of drug-likeness (QED) is 0.232. The second-order valence-corrected chi connectivity index (χ2v) is 17.2. The van der Waals surface area contributed by atoms with Gasteiger partial charge in [0.2, 0.25) is 0 Å². The van der Waals surface area contributed by atoms with E-state index in [1.165, 1.54) is 11.1 Å². The minimum atomic E-state index is -0.923. The molecule has 53 heavy (non-hydrogen) atoms. The number of aliphatic hydroxyl groups excluding tert-OH is 1. The summed E-state index contributed by atoms with van der Waals surface area (Å²) in [6, 6.07) is 3.99. The Hall–Kier alpha value is -2.43. The second-order valence-electron chi connectivity index (χ2n) is 17.2. The van der Waals surface area contributed by atoms with Crippen molar-refractivity contribution in [2.24, 2.45) is 5.92 Å². The Morgan fingerprint density at radius 2 is 1.68 bits per heavy atom. The van der Waals surface area contributed by atoms with Crippen LogP contribution in [0.5, 0.6) is 0 Å². The van der Waals surface area contributed by atoms with Crippen molar-refractivity contribution < 1.29 is 33.9 Å². The van der Waals surface area contributed by atoms with Crippen LogP contribution in [0.4, 0.5) is 0 Å². The van der Waals surface area contributed by atoms with E-state index < -0.39 is 29.0 Å². The van der Waals surface area contributed by atoms with Crippen LogP contribution in [-0.4, -0.2) is 86.9 Å². The Morgan fingerprint density at radius 1 is 0.925 bits per heavy atom. The number of hydrogen-bond acceptors (Lipinski definition) is 8. The number of aliphatic hydroxyl groups is 2. The molecule has 5 aliphatic heterocycles. The molecule has 8 heteroatoms. The Bertz CT molecular complexity index is 1500. The fourth-order valence-electron chi connectivity index (χ4n) is 9.31. The molecule has 5 fully saturated rings. The van der Waals surface area contributed by atoms with Crippen molar-refractivity contribution in [2.75, 3.05) is 0 Å². The molecule has 1 aromatic heterocycles. The molecule has 6 rings (SSSR count).